The van der Waals surface area contributed by atoms with E-state index < -0.39 is 34.9 Å². The Morgan fingerprint density at radius 1 is 1.19 bits per heavy atom. The fraction of sp³-hybridized carbons (Fsp3) is 0.481. The van der Waals surface area contributed by atoms with Crippen molar-refractivity contribution in [2.75, 3.05) is 0 Å². The number of halogens is 1. The molecule has 1 fully saturated rings. The van der Waals surface area contributed by atoms with E-state index in [0.717, 1.165) is 5.56 Å². The molecule has 1 atom stereocenters. The molecule has 2 heterocycles. The third kappa shape index (κ3) is 4.73. The van der Waals surface area contributed by atoms with E-state index in [9.17, 15) is 10.0 Å². The van der Waals surface area contributed by atoms with E-state index in [1.165, 1.54) is 19.2 Å². The smallest absolute Gasteiger partial charge is 0.495 e. The lowest BCUT2D eigenvalue weighted by Gasteiger charge is -2.39. The Balaban J connectivity index is 1.80. The molecule has 0 aromatic heterocycles. The second-order valence-electron chi connectivity index (χ2n) is 11.6. The van der Waals surface area contributed by atoms with Crippen molar-refractivity contribution in [3.8, 4) is 0 Å². The Kier molecular flexibility index (Phi) is 6.45. The van der Waals surface area contributed by atoms with Gasteiger partial charge in [-0.3, -0.25) is 4.79 Å². The monoisotopic (exact) mass is 496 g/mol. The zero-order chi connectivity index (χ0) is 26.7. The molecule has 2 aliphatic rings. The van der Waals surface area contributed by atoms with Crippen molar-refractivity contribution in [2.45, 2.75) is 85.2 Å². The summed E-state index contributed by atoms with van der Waals surface area (Å²) >= 11 is 0. The van der Waals surface area contributed by atoms with Crippen LogP contribution in [0.1, 0.15) is 77.6 Å². The van der Waals surface area contributed by atoms with Crippen LogP contribution in [0.15, 0.2) is 35.4 Å². The maximum absolute atomic E-state index is 15.3. The van der Waals surface area contributed by atoms with E-state index in [1.807, 2.05) is 54.5 Å². The first-order valence-electron chi connectivity index (χ1n) is 12.1. The molecule has 0 radical (unpaired) electrons. The van der Waals surface area contributed by atoms with E-state index in [0.29, 0.717) is 22.2 Å². The molecule has 0 aliphatic carbocycles. The lowest BCUT2D eigenvalue weighted by atomic mass is 9.75. The molecule has 9 heteroatoms. The Morgan fingerprint density at radius 2 is 1.83 bits per heavy atom. The molecular formula is C27H34BFN2O5. The number of hydrogen-bond acceptors (Lipinski definition) is 6. The van der Waals surface area contributed by atoms with Crippen molar-refractivity contribution in [3.05, 3.63) is 63.6 Å². The molecule has 2 aromatic carbocycles. The molecule has 1 saturated heterocycles. The predicted molar refractivity (Wildman–Crippen MR) is 139 cm³/mol. The van der Waals surface area contributed by atoms with Crippen LogP contribution in [0.4, 0.5) is 10.1 Å². The molecule has 1 unspecified atom stereocenters. The van der Waals surface area contributed by atoms with Crippen LogP contribution in [-0.2, 0) is 37.4 Å². The minimum atomic E-state index is -1.18. The van der Waals surface area contributed by atoms with Crippen LogP contribution in [-0.4, -0.2) is 30.5 Å². The average molecular weight is 496 g/mol. The maximum atomic E-state index is 15.3. The largest absolute Gasteiger partial charge is 0.599 e. The summed E-state index contributed by atoms with van der Waals surface area (Å²) in [7, 11) is -0.778. The SMILES string of the molecule is CC(=O)OCc1c(B2OC(C)(C)C(C)(C)O2)cccc1[N+]1([O-])Cc2c(F)cc(C(C)(C)C)cc2C=N1. The number of esters is 1. The molecule has 4 rings (SSSR count). The van der Waals surface area contributed by atoms with Gasteiger partial charge in [0, 0.05) is 18.6 Å². The number of hydrogen-bond donors (Lipinski definition) is 0. The summed E-state index contributed by atoms with van der Waals surface area (Å²) in [5.41, 5.74) is 1.51. The Hall–Kier alpha value is -2.59. The summed E-state index contributed by atoms with van der Waals surface area (Å²) < 4.78 is 31.9. The second kappa shape index (κ2) is 8.76. The molecule has 36 heavy (non-hydrogen) atoms. The molecule has 192 valence electrons. The molecule has 7 nitrogen and oxygen atoms in total. The zero-order valence-electron chi connectivity index (χ0n) is 22.3. The minimum absolute atomic E-state index is 0.166. The topological polar surface area (TPSA) is 80.2 Å². The summed E-state index contributed by atoms with van der Waals surface area (Å²) in [6.45, 7) is 14.7. The summed E-state index contributed by atoms with van der Waals surface area (Å²) in [5, 5.41) is 18.5. The molecular weight excluding hydrogens is 462 g/mol. The summed E-state index contributed by atoms with van der Waals surface area (Å²) in [4.78, 5) is 11.7. The average Bonchev–Trinajstić information content (AvgIpc) is 2.98. The fourth-order valence-corrected chi connectivity index (χ4v) is 4.37. The van der Waals surface area contributed by atoms with Crippen molar-refractivity contribution >= 4 is 30.5 Å². The number of carbonyl (C=O) groups is 1. The molecule has 0 spiro atoms. The highest BCUT2D eigenvalue weighted by atomic mass is 19.1. The van der Waals surface area contributed by atoms with Gasteiger partial charge < -0.3 is 19.3 Å². The number of hydroxylamine groups is 1. The fourth-order valence-electron chi connectivity index (χ4n) is 4.37. The Bertz CT molecular complexity index is 1220. The standard InChI is InChI=1S/C27H34BFN2O5/c1-17(32)34-16-21-22(28-35-26(5,6)27(7,8)36-28)10-9-11-24(21)31(33)15-20-18(14-30-31)12-19(13-23(20)29)25(2,3)4/h9-14H,15-16H2,1-8H3. The number of ether oxygens (including phenoxy) is 1. The quantitative estimate of drug-likeness (QED) is 0.262. The van der Waals surface area contributed by atoms with Crippen LogP contribution in [0, 0.1) is 11.0 Å². The third-order valence-corrected chi connectivity index (χ3v) is 7.34. The molecule has 0 saturated carbocycles. The number of fused-ring (bicyclic) bond motifs is 1. The number of benzene rings is 2. The van der Waals surface area contributed by atoms with Crippen molar-refractivity contribution in [3.63, 3.8) is 0 Å². The van der Waals surface area contributed by atoms with E-state index in [4.69, 9.17) is 14.0 Å². The third-order valence-electron chi connectivity index (χ3n) is 7.34. The number of carbonyl (C=O) groups excluding carboxylic acids is 1. The molecule has 0 amide bonds. The van der Waals surface area contributed by atoms with Gasteiger partial charge in [0.25, 0.3) is 0 Å². The van der Waals surface area contributed by atoms with Gasteiger partial charge in [-0.05, 0) is 56.3 Å². The highest BCUT2D eigenvalue weighted by Crippen LogP contribution is 2.39. The van der Waals surface area contributed by atoms with Crippen LogP contribution in [0.5, 0.6) is 0 Å². The second-order valence-corrected chi connectivity index (χ2v) is 11.6. The zero-order valence-corrected chi connectivity index (χ0v) is 22.3. The van der Waals surface area contributed by atoms with Gasteiger partial charge in [0.15, 0.2) is 5.69 Å². The van der Waals surface area contributed by atoms with Crippen LogP contribution < -0.4 is 10.2 Å². The van der Waals surface area contributed by atoms with E-state index >= 15 is 4.39 Å². The van der Waals surface area contributed by atoms with Gasteiger partial charge in [0.05, 0.1) is 28.5 Å². The first-order chi connectivity index (χ1) is 16.5. The van der Waals surface area contributed by atoms with Crippen molar-refractivity contribution in [2.24, 2.45) is 5.10 Å². The van der Waals surface area contributed by atoms with Gasteiger partial charge in [0.2, 0.25) is 0 Å². The van der Waals surface area contributed by atoms with Crippen molar-refractivity contribution < 1.29 is 23.2 Å². The van der Waals surface area contributed by atoms with Gasteiger partial charge in [-0.1, -0.05) is 38.0 Å². The number of nitrogens with zero attached hydrogens (tertiary/aromatic N) is 2. The van der Waals surface area contributed by atoms with Gasteiger partial charge in [0.1, 0.15) is 19.0 Å². The first-order valence-corrected chi connectivity index (χ1v) is 12.1. The Labute approximate surface area is 212 Å². The van der Waals surface area contributed by atoms with Crippen molar-refractivity contribution in [1.82, 2.24) is 4.76 Å². The summed E-state index contributed by atoms with van der Waals surface area (Å²) in [6, 6.07) is 8.50. The Morgan fingerprint density at radius 3 is 2.42 bits per heavy atom. The molecule has 2 aromatic rings. The molecule has 2 aliphatic heterocycles. The van der Waals surface area contributed by atoms with Crippen LogP contribution in [0.2, 0.25) is 0 Å². The first kappa shape index (κ1) is 26.5. The van der Waals surface area contributed by atoms with Gasteiger partial charge in [-0.2, -0.15) is 4.76 Å². The van der Waals surface area contributed by atoms with Gasteiger partial charge in [-0.15, -0.1) is 0 Å². The lowest BCUT2D eigenvalue weighted by molar-refractivity contribution is -0.142. The van der Waals surface area contributed by atoms with Crippen LogP contribution in [0.25, 0.3) is 0 Å². The summed E-state index contributed by atoms with van der Waals surface area (Å²) in [6.07, 6.45) is 1.43. The highest BCUT2D eigenvalue weighted by Gasteiger charge is 2.53. The van der Waals surface area contributed by atoms with Crippen molar-refractivity contribution in [1.29, 1.82) is 0 Å². The molecule has 0 bridgehead atoms. The van der Waals surface area contributed by atoms with E-state index in [1.54, 1.807) is 18.2 Å². The maximum Gasteiger partial charge on any atom is 0.495 e. The highest BCUT2D eigenvalue weighted by molar-refractivity contribution is 6.62. The van der Waals surface area contributed by atoms with E-state index in [-0.39, 0.29) is 24.3 Å². The lowest BCUT2D eigenvalue weighted by Crippen LogP contribution is -2.44. The minimum Gasteiger partial charge on any atom is -0.599 e. The van der Waals surface area contributed by atoms with Crippen LogP contribution in [0.3, 0.4) is 0 Å². The van der Waals surface area contributed by atoms with E-state index in [2.05, 4.69) is 5.10 Å². The van der Waals surface area contributed by atoms with Crippen LogP contribution >= 0.6 is 0 Å². The number of rotatable bonds is 4. The predicted octanol–water partition coefficient (Wildman–Crippen LogP) is 4.84. The van der Waals surface area contributed by atoms with Gasteiger partial charge >= 0.3 is 13.1 Å². The summed E-state index contributed by atoms with van der Waals surface area (Å²) in [5.74, 6) is -0.930. The molecule has 0 N–H and O–H groups in total. The van der Waals surface area contributed by atoms with Gasteiger partial charge in [-0.25, -0.2) is 4.39 Å². The number of quaternary nitrogens is 1. The normalized spacial score (nSPS) is 22.4.